The second-order valence-corrected chi connectivity index (χ2v) is 15.2. The highest BCUT2D eigenvalue weighted by Gasteiger charge is 2.82. The Morgan fingerprint density at radius 2 is 1.38 bits per heavy atom. The average molecular weight is 773 g/mol. The quantitative estimate of drug-likeness (QED) is 0.206. The SMILES string of the molecule is CC(=O)OCC12C(OC(C)=O)CC3OCC3(OC(C)=O)C1C(OC(=O)c1ccccc1)C1(C(C)(C)O)CC(OC(C)=O)C(C)=C1C(OC(C)=O)C2OC(C)=O. The Morgan fingerprint density at radius 3 is 1.87 bits per heavy atom. The summed E-state index contributed by atoms with van der Waals surface area (Å²) in [6.45, 7) is 10.1. The molecule has 16 nitrogen and oxygen atoms in total. The number of ether oxygens (including phenoxy) is 8. The fourth-order valence-corrected chi connectivity index (χ4v) is 9.55. The maximum atomic E-state index is 14.5. The molecule has 300 valence electrons. The summed E-state index contributed by atoms with van der Waals surface area (Å²) in [5, 5.41) is 12.7. The minimum Gasteiger partial charge on any atom is -0.465 e. The molecule has 16 heteroatoms. The second kappa shape index (κ2) is 15.0. The standard InChI is InChI=1S/C39H48O16/c1-19-27(50-21(3)41)16-38(36(8,9)47)30(19)31(52-23(5)43)33(53-24(6)44)37(17-48-20(2)40)28(51-22(4)42)15-29-39(18-49-29,55-25(7)45)32(37)34(38)54-35(46)26-13-11-10-12-14-26/h10-14,27-29,31-34,47H,15-18H2,1-9H3. The molecule has 5 rings (SSSR count). The number of hydrogen-bond acceptors (Lipinski definition) is 16. The first-order chi connectivity index (χ1) is 25.6. The lowest BCUT2D eigenvalue weighted by Gasteiger charge is -2.65. The Hall–Kier alpha value is -4.83. The molecule has 4 aliphatic rings. The minimum atomic E-state index is -2.09. The first kappa shape index (κ1) is 41.3. The Balaban J connectivity index is 2.05. The van der Waals surface area contributed by atoms with Crippen molar-refractivity contribution in [3.05, 3.63) is 47.0 Å². The Labute approximate surface area is 318 Å². The predicted molar refractivity (Wildman–Crippen MR) is 185 cm³/mol. The van der Waals surface area contributed by atoms with Crippen molar-refractivity contribution in [3.63, 3.8) is 0 Å². The zero-order valence-corrected chi connectivity index (χ0v) is 32.3. The van der Waals surface area contributed by atoms with Crippen LogP contribution in [0, 0.1) is 16.7 Å². The topological polar surface area (TPSA) is 214 Å². The van der Waals surface area contributed by atoms with Crippen LogP contribution in [0.4, 0.5) is 0 Å². The molecule has 1 heterocycles. The van der Waals surface area contributed by atoms with Crippen LogP contribution < -0.4 is 0 Å². The molecule has 1 N–H and O–H groups in total. The van der Waals surface area contributed by atoms with Crippen molar-refractivity contribution in [1.29, 1.82) is 0 Å². The Bertz CT molecular complexity index is 1780. The lowest BCUT2D eigenvalue weighted by Crippen LogP contribution is -2.80. The van der Waals surface area contributed by atoms with E-state index in [4.69, 9.17) is 37.9 Å². The normalized spacial score (nSPS) is 33.5. The summed E-state index contributed by atoms with van der Waals surface area (Å²) < 4.78 is 48.8. The molecule has 0 amide bonds. The molecule has 1 saturated heterocycles. The van der Waals surface area contributed by atoms with Crippen molar-refractivity contribution < 1.29 is 76.6 Å². The van der Waals surface area contributed by atoms with Gasteiger partial charge in [-0.15, -0.1) is 0 Å². The van der Waals surface area contributed by atoms with Gasteiger partial charge in [-0.2, -0.15) is 0 Å². The summed E-state index contributed by atoms with van der Waals surface area (Å²) in [7, 11) is 0. The Kier molecular flexibility index (Phi) is 11.3. The van der Waals surface area contributed by atoms with E-state index in [9.17, 15) is 38.7 Å². The average Bonchev–Trinajstić information content (AvgIpc) is 3.31. The lowest BCUT2D eigenvalue weighted by atomic mass is 9.49. The fraction of sp³-hybridized carbons (Fsp3) is 0.615. The zero-order valence-electron chi connectivity index (χ0n) is 32.3. The highest BCUT2D eigenvalue weighted by molar-refractivity contribution is 5.89. The van der Waals surface area contributed by atoms with Crippen molar-refractivity contribution in [2.24, 2.45) is 16.7 Å². The summed E-state index contributed by atoms with van der Waals surface area (Å²) in [6.07, 6.45) is -9.35. The van der Waals surface area contributed by atoms with Crippen LogP contribution in [0.1, 0.15) is 85.5 Å². The van der Waals surface area contributed by atoms with E-state index < -0.39 is 113 Å². The number of esters is 7. The van der Waals surface area contributed by atoms with Crippen LogP contribution in [0.5, 0.6) is 0 Å². The molecule has 3 fully saturated rings. The highest BCUT2D eigenvalue weighted by atomic mass is 16.6. The van der Waals surface area contributed by atoms with Gasteiger partial charge < -0.3 is 43.0 Å². The monoisotopic (exact) mass is 772 g/mol. The molecule has 1 aromatic carbocycles. The van der Waals surface area contributed by atoms with Gasteiger partial charge in [-0.1, -0.05) is 18.2 Å². The van der Waals surface area contributed by atoms with Crippen LogP contribution >= 0.6 is 0 Å². The summed E-state index contributed by atoms with van der Waals surface area (Å²) in [5.41, 5.74) is -7.47. The van der Waals surface area contributed by atoms with Crippen LogP contribution in [0.2, 0.25) is 0 Å². The van der Waals surface area contributed by atoms with Crippen molar-refractivity contribution in [2.75, 3.05) is 13.2 Å². The van der Waals surface area contributed by atoms with E-state index in [1.165, 1.54) is 32.9 Å². The van der Waals surface area contributed by atoms with Gasteiger partial charge in [0.15, 0.2) is 17.8 Å². The second-order valence-electron chi connectivity index (χ2n) is 15.2. The molecule has 0 bridgehead atoms. The number of benzene rings is 1. The third-order valence-electron chi connectivity index (χ3n) is 11.4. The third kappa shape index (κ3) is 7.10. The molecule has 10 atom stereocenters. The van der Waals surface area contributed by atoms with Crippen molar-refractivity contribution in [2.45, 2.75) is 123 Å². The van der Waals surface area contributed by atoms with E-state index in [1.807, 2.05) is 0 Å². The molecule has 3 aliphatic carbocycles. The van der Waals surface area contributed by atoms with E-state index >= 15 is 0 Å². The molecule has 0 radical (unpaired) electrons. The molecular formula is C39H48O16. The maximum Gasteiger partial charge on any atom is 0.338 e. The fourth-order valence-electron chi connectivity index (χ4n) is 9.55. The molecule has 0 aromatic heterocycles. The minimum absolute atomic E-state index is 0.0616. The summed E-state index contributed by atoms with van der Waals surface area (Å²) in [4.78, 5) is 92.8. The number of fused-ring (bicyclic) bond motifs is 4. The highest BCUT2D eigenvalue weighted by Crippen LogP contribution is 2.69. The van der Waals surface area contributed by atoms with Gasteiger partial charge in [-0.3, -0.25) is 28.8 Å². The summed E-state index contributed by atoms with van der Waals surface area (Å²) >= 11 is 0. The molecule has 2 saturated carbocycles. The van der Waals surface area contributed by atoms with Crippen LogP contribution in [0.25, 0.3) is 0 Å². The van der Waals surface area contributed by atoms with Crippen molar-refractivity contribution >= 4 is 41.8 Å². The van der Waals surface area contributed by atoms with E-state index in [0.717, 1.165) is 34.6 Å². The van der Waals surface area contributed by atoms with Gasteiger partial charge in [-0.05, 0) is 44.1 Å². The summed E-state index contributed by atoms with van der Waals surface area (Å²) in [6, 6.07) is 7.86. The van der Waals surface area contributed by atoms with E-state index in [2.05, 4.69) is 0 Å². The van der Waals surface area contributed by atoms with Gasteiger partial charge in [0.25, 0.3) is 0 Å². The van der Waals surface area contributed by atoms with Gasteiger partial charge >= 0.3 is 41.8 Å². The van der Waals surface area contributed by atoms with Crippen LogP contribution in [-0.2, 0) is 66.7 Å². The lowest BCUT2D eigenvalue weighted by molar-refractivity contribution is -0.358. The summed E-state index contributed by atoms with van der Waals surface area (Å²) in [5.74, 6) is -7.41. The zero-order chi connectivity index (χ0) is 40.8. The smallest absolute Gasteiger partial charge is 0.338 e. The van der Waals surface area contributed by atoms with E-state index in [0.29, 0.717) is 0 Å². The van der Waals surface area contributed by atoms with Crippen LogP contribution in [0.3, 0.4) is 0 Å². The third-order valence-corrected chi connectivity index (χ3v) is 11.4. The van der Waals surface area contributed by atoms with E-state index in [-0.39, 0.29) is 36.2 Å². The Morgan fingerprint density at radius 1 is 0.782 bits per heavy atom. The molecule has 1 aromatic rings. The first-order valence-corrected chi connectivity index (χ1v) is 17.9. The van der Waals surface area contributed by atoms with Gasteiger partial charge in [0.05, 0.1) is 34.5 Å². The van der Waals surface area contributed by atoms with Crippen LogP contribution in [-0.4, -0.2) is 108 Å². The number of aliphatic hydroxyl groups is 1. The number of carbonyl (C=O) groups is 7. The molecular weight excluding hydrogens is 724 g/mol. The van der Waals surface area contributed by atoms with Gasteiger partial charge in [0.2, 0.25) is 0 Å². The first-order valence-electron chi connectivity index (χ1n) is 17.9. The predicted octanol–water partition coefficient (Wildman–Crippen LogP) is 2.70. The van der Waals surface area contributed by atoms with Gasteiger partial charge in [0, 0.05) is 54.4 Å². The molecule has 1 aliphatic heterocycles. The van der Waals surface area contributed by atoms with Crippen molar-refractivity contribution in [1.82, 2.24) is 0 Å². The molecule has 10 unspecified atom stereocenters. The van der Waals surface area contributed by atoms with E-state index in [1.54, 1.807) is 25.1 Å². The molecule has 55 heavy (non-hydrogen) atoms. The number of carbonyl (C=O) groups excluding carboxylic acids is 7. The molecule has 0 spiro atoms. The maximum absolute atomic E-state index is 14.5. The van der Waals surface area contributed by atoms with Gasteiger partial charge in [0.1, 0.15) is 31.0 Å². The van der Waals surface area contributed by atoms with Crippen LogP contribution in [0.15, 0.2) is 41.5 Å². The van der Waals surface area contributed by atoms with Gasteiger partial charge in [-0.25, -0.2) is 4.79 Å². The van der Waals surface area contributed by atoms with Crippen molar-refractivity contribution in [3.8, 4) is 0 Å². The largest absolute Gasteiger partial charge is 0.465 e. The number of hydrogen-bond donors (Lipinski definition) is 1. The number of rotatable bonds is 10.